The predicted molar refractivity (Wildman–Crippen MR) is 42.4 cm³/mol. The molecule has 0 aromatic rings. The molecular formula is C5H8N2O2S. The second kappa shape index (κ2) is 3.94. The van der Waals surface area contributed by atoms with Crippen LogP contribution >= 0.6 is 12.2 Å². The molecule has 0 saturated carbocycles. The molecule has 0 spiro atoms. The Hall–Kier alpha value is -0.970. The van der Waals surface area contributed by atoms with Crippen LogP contribution in [0.4, 0.5) is 0 Å². The minimum absolute atomic E-state index is 0.325. The fraction of sp³-hybridized carbons (Fsp3) is 0.400. The number of aliphatic imine (C=N–C) groups is 1. The Morgan fingerprint density at radius 3 is 2.50 bits per heavy atom. The van der Waals surface area contributed by atoms with Crippen molar-refractivity contribution in [2.45, 2.75) is 0 Å². The number of nitrogens with zero attached hydrogens (tertiary/aromatic N) is 2. The highest BCUT2D eigenvalue weighted by molar-refractivity contribution is 7.82. The van der Waals surface area contributed by atoms with Crippen molar-refractivity contribution >= 4 is 29.5 Å². The van der Waals surface area contributed by atoms with Gasteiger partial charge in [0.25, 0.3) is 0 Å². The van der Waals surface area contributed by atoms with Gasteiger partial charge in [-0.05, 0) is 0 Å². The molecule has 0 aliphatic rings. The molecule has 0 bridgehead atoms. The lowest BCUT2D eigenvalue weighted by Crippen LogP contribution is -2.13. The first-order chi connectivity index (χ1) is 4.54. The third-order valence-electron chi connectivity index (χ3n) is 0.589. The van der Waals surface area contributed by atoms with E-state index < -0.39 is 5.97 Å². The molecular weight excluding hydrogens is 152 g/mol. The van der Waals surface area contributed by atoms with Gasteiger partial charge in [-0.25, -0.2) is 9.79 Å². The molecule has 56 valence electrons. The maximum absolute atomic E-state index is 10.0. The largest absolute Gasteiger partial charge is 0.476 e. The first-order valence-corrected chi connectivity index (χ1v) is 2.92. The molecule has 0 rings (SSSR count). The number of hydrogen-bond donors (Lipinski definition) is 1. The van der Waals surface area contributed by atoms with E-state index in [0.29, 0.717) is 0 Å². The van der Waals surface area contributed by atoms with Crippen molar-refractivity contribution in [2.75, 3.05) is 14.1 Å². The van der Waals surface area contributed by atoms with Crippen LogP contribution in [0.5, 0.6) is 0 Å². The van der Waals surface area contributed by atoms with Crippen molar-refractivity contribution in [3.05, 3.63) is 0 Å². The minimum atomic E-state index is -1.17. The fourth-order valence-corrected chi connectivity index (χ4v) is 0.270. The average molecular weight is 160 g/mol. The summed E-state index contributed by atoms with van der Waals surface area (Å²) in [7, 11) is 3.46. The molecule has 0 saturated heterocycles. The zero-order valence-electron chi connectivity index (χ0n) is 5.74. The zero-order valence-corrected chi connectivity index (χ0v) is 6.55. The summed E-state index contributed by atoms with van der Waals surface area (Å²) < 4.78 is 0. The average Bonchev–Trinajstić information content (AvgIpc) is 1.82. The van der Waals surface area contributed by atoms with E-state index in [1.165, 1.54) is 6.34 Å². The van der Waals surface area contributed by atoms with E-state index in [-0.39, 0.29) is 4.99 Å². The molecule has 0 unspecified atom stereocenters. The highest BCUT2D eigenvalue weighted by Crippen LogP contribution is 1.79. The molecule has 0 heterocycles. The highest BCUT2D eigenvalue weighted by Gasteiger charge is 2.01. The van der Waals surface area contributed by atoms with Crippen LogP contribution in [0.1, 0.15) is 0 Å². The van der Waals surface area contributed by atoms with Crippen molar-refractivity contribution < 1.29 is 9.90 Å². The number of aliphatic carboxylic acids is 1. The quantitative estimate of drug-likeness (QED) is 0.333. The summed E-state index contributed by atoms with van der Waals surface area (Å²) in [5.74, 6) is -1.17. The van der Waals surface area contributed by atoms with E-state index in [4.69, 9.17) is 5.11 Å². The molecule has 0 aromatic heterocycles. The summed E-state index contributed by atoms with van der Waals surface area (Å²) in [4.78, 5) is 14.8. The van der Waals surface area contributed by atoms with Crippen molar-refractivity contribution in [3.63, 3.8) is 0 Å². The summed E-state index contributed by atoms with van der Waals surface area (Å²) in [5.41, 5.74) is 0. The molecule has 0 aromatic carbocycles. The van der Waals surface area contributed by atoms with Gasteiger partial charge in [0.1, 0.15) is 0 Å². The first-order valence-electron chi connectivity index (χ1n) is 2.52. The van der Waals surface area contributed by atoms with Crippen LogP contribution in [0.2, 0.25) is 0 Å². The molecule has 0 atom stereocenters. The Balaban J connectivity index is 3.91. The molecule has 0 radical (unpaired) electrons. The van der Waals surface area contributed by atoms with Crippen LogP contribution < -0.4 is 0 Å². The number of carboxylic acids is 1. The number of hydrogen-bond acceptors (Lipinski definition) is 2. The Labute approximate surface area is 64.2 Å². The van der Waals surface area contributed by atoms with Gasteiger partial charge in [-0.3, -0.25) is 0 Å². The second-order valence-corrected chi connectivity index (χ2v) is 2.21. The van der Waals surface area contributed by atoms with E-state index in [0.717, 1.165) is 0 Å². The third-order valence-corrected chi connectivity index (χ3v) is 0.869. The van der Waals surface area contributed by atoms with Crippen molar-refractivity contribution in [1.82, 2.24) is 4.90 Å². The zero-order chi connectivity index (χ0) is 8.15. The summed E-state index contributed by atoms with van der Waals surface area (Å²) in [6.45, 7) is 0. The van der Waals surface area contributed by atoms with Crippen LogP contribution in [0, 0.1) is 0 Å². The molecule has 0 aliphatic heterocycles. The van der Waals surface area contributed by atoms with E-state index in [1.54, 1.807) is 19.0 Å². The maximum atomic E-state index is 10.0. The van der Waals surface area contributed by atoms with Gasteiger partial charge in [0.15, 0.2) is 0 Å². The molecule has 0 fully saturated rings. The van der Waals surface area contributed by atoms with Crippen LogP contribution in [-0.2, 0) is 4.79 Å². The van der Waals surface area contributed by atoms with E-state index in [1.807, 2.05) is 0 Å². The van der Waals surface area contributed by atoms with Gasteiger partial charge < -0.3 is 10.0 Å². The number of rotatable bonds is 1. The Kier molecular flexibility index (Phi) is 3.56. The Bertz CT molecular complexity index is 176. The normalized spacial score (nSPS) is 9.80. The lowest BCUT2D eigenvalue weighted by Gasteiger charge is -2.00. The molecule has 0 amide bonds. The smallest absolute Gasteiger partial charge is 0.365 e. The monoisotopic (exact) mass is 160 g/mol. The van der Waals surface area contributed by atoms with Crippen molar-refractivity contribution in [2.24, 2.45) is 4.99 Å². The van der Waals surface area contributed by atoms with Crippen LogP contribution in [-0.4, -0.2) is 41.4 Å². The number of thiocarbonyl (C=S) groups is 1. The summed E-state index contributed by atoms with van der Waals surface area (Å²) in [6, 6.07) is 0. The van der Waals surface area contributed by atoms with Gasteiger partial charge in [0.2, 0.25) is 4.99 Å². The van der Waals surface area contributed by atoms with E-state index >= 15 is 0 Å². The first kappa shape index (κ1) is 9.03. The second-order valence-electron chi connectivity index (χ2n) is 1.82. The standard InChI is InChI=1S/C5H8N2O2S/c1-7(2)3-6-4(10)5(8)9/h3H,1-2H3,(H,8,9)/b6-3+. The predicted octanol–water partition coefficient (Wildman–Crippen LogP) is -0.0117. The van der Waals surface area contributed by atoms with Gasteiger partial charge in [0, 0.05) is 14.1 Å². The van der Waals surface area contributed by atoms with Crippen LogP contribution in [0.3, 0.4) is 0 Å². The Morgan fingerprint density at radius 2 is 2.20 bits per heavy atom. The van der Waals surface area contributed by atoms with Crippen molar-refractivity contribution in [3.8, 4) is 0 Å². The summed E-state index contributed by atoms with van der Waals surface area (Å²) in [5, 5.41) is 8.22. The molecule has 4 nitrogen and oxygen atoms in total. The minimum Gasteiger partial charge on any atom is -0.476 e. The van der Waals surface area contributed by atoms with Gasteiger partial charge in [-0.1, -0.05) is 12.2 Å². The maximum Gasteiger partial charge on any atom is 0.365 e. The molecule has 1 N–H and O–H groups in total. The third kappa shape index (κ3) is 3.96. The van der Waals surface area contributed by atoms with E-state index in [2.05, 4.69) is 17.2 Å². The highest BCUT2D eigenvalue weighted by atomic mass is 32.1. The topological polar surface area (TPSA) is 52.9 Å². The fourth-order valence-electron chi connectivity index (χ4n) is 0.223. The van der Waals surface area contributed by atoms with Gasteiger partial charge in [-0.2, -0.15) is 0 Å². The number of carbonyl (C=O) groups is 1. The van der Waals surface area contributed by atoms with Crippen LogP contribution in [0.15, 0.2) is 4.99 Å². The summed E-state index contributed by atoms with van der Waals surface area (Å²) >= 11 is 4.37. The lowest BCUT2D eigenvalue weighted by atomic mass is 10.7. The van der Waals surface area contributed by atoms with Crippen LogP contribution in [0.25, 0.3) is 0 Å². The molecule has 5 heteroatoms. The SMILES string of the molecule is CN(C)/C=N/C(=S)C(=O)O. The van der Waals surface area contributed by atoms with E-state index in [9.17, 15) is 4.79 Å². The number of carboxylic acid groups (broad SMARTS) is 1. The van der Waals surface area contributed by atoms with Gasteiger partial charge in [-0.15, -0.1) is 0 Å². The van der Waals surface area contributed by atoms with Gasteiger partial charge >= 0.3 is 5.97 Å². The Morgan fingerprint density at radius 1 is 1.70 bits per heavy atom. The van der Waals surface area contributed by atoms with Crippen molar-refractivity contribution in [1.29, 1.82) is 0 Å². The van der Waals surface area contributed by atoms with Gasteiger partial charge in [0.05, 0.1) is 6.34 Å². The lowest BCUT2D eigenvalue weighted by molar-refractivity contribution is -0.129. The molecule has 10 heavy (non-hydrogen) atoms. The summed E-state index contributed by atoms with van der Waals surface area (Å²) in [6.07, 6.45) is 1.34. The molecule has 0 aliphatic carbocycles.